The Balaban J connectivity index is 1.54. The van der Waals surface area contributed by atoms with Crippen LogP contribution in [-0.4, -0.2) is 59.2 Å². The first-order valence-corrected chi connectivity index (χ1v) is 13.0. The van der Waals surface area contributed by atoms with E-state index in [1.54, 1.807) is 41.3 Å². The Morgan fingerprint density at radius 1 is 0.921 bits per heavy atom. The monoisotopic (exact) mass is 520 g/mol. The molecular formula is C28H32N4O6. The number of likely N-dealkylation sites (tertiary alicyclic amines) is 1. The molecule has 10 heteroatoms. The van der Waals surface area contributed by atoms with Gasteiger partial charge in [0, 0.05) is 30.8 Å². The smallest absolute Gasteiger partial charge is 0.332 e. The lowest BCUT2D eigenvalue weighted by Crippen LogP contribution is -2.44. The molecule has 1 saturated carbocycles. The molecule has 3 aromatic rings. The molecule has 1 aliphatic carbocycles. The number of nitrogens with zero attached hydrogens (tertiary/aromatic N) is 3. The van der Waals surface area contributed by atoms with Crippen LogP contribution in [-0.2, 0) is 17.9 Å². The normalized spacial score (nSPS) is 15.4. The van der Waals surface area contributed by atoms with Crippen LogP contribution in [0.5, 0.6) is 11.5 Å². The van der Waals surface area contributed by atoms with Crippen molar-refractivity contribution in [1.82, 2.24) is 19.4 Å². The number of piperidine rings is 1. The van der Waals surface area contributed by atoms with Gasteiger partial charge in [-0.05, 0) is 55.9 Å². The molecule has 2 heterocycles. The number of hydrogen-bond donors (Lipinski definition) is 1. The Kier molecular flexibility index (Phi) is 7.22. The van der Waals surface area contributed by atoms with E-state index >= 15 is 0 Å². The van der Waals surface area contributed by atoms with Crippen LogP contribution in [0.2, 0.25) is 0 Å². The molecule has 0 unspecified atom stereocenters. The zero-order valence-corrected chi connectivity index (χ0v) is 21.7. The molecule has 38 heavy (non-hydrogen) atoms. The van der Waals surface area contributed by atoms with E-state index in [9.17, 15) is 19.2 Å². The van der Waals surface area contributed by atoms with Gasteiger partial charge in [0.25, 0.3) is 11.5 Å². The first kappa shape index (κ1) is 25.6. The Hall–Kier alpha value is -4.08. The summed E-state index contributed by atoms with van der Waals surface area (Å²) in [5.41, 5.74) is 0.430. The topological polar surface area (TPSA) is 112 Å². The molecular weight excluding hydrogens is 488 g/mol. The van der Waals surface area contributed by atoms with Gasteiger partial charge in [-0.25, -0.2) is 4.79 Å². The van der Waals surface area contributed by atoms with Crippen molar-refractivity contribution in [3.63, 3.8) is 0 Å². The average molecular weight is 521 g/mol. The summed E-state index contributed by atoms with van der Waals surface area (Å²) in [6, 6.07) is 10.2. The van der Waals surface area contributed by atoms with Crippen molar-refractivity contribution in [2.75, 3.05) is 27.3 Å². The van der Waals surface area contributed by atoms with Crippen molar-refractivity contribution in [2.24, 2.45) is 0 Å². The van der Waals surface area contributed by atoms with Crippen molar-refractivity contribution >= 4 is 22.7 Å². The van der Waals surface area contributed by atoms with Crippen LogP contribution in [0.15, 0.2) is 46.0 Å². The zero-order valence-electron chi connectivity index (χ0n) is 21.7. The quantitative estimate of drug-likeness (QED) is 0.487. The standard InChI is InChI=1S/C28H32N4O6/c1-37-23-14-21-22(15-24(23)38-2)31(17-25(33)30-12-4-3-5-13-30)28(36)32(27(21)35)16-18-6-8-19(9-7-18)26(34)29-20-10-11-20/h6-9,14-15,20H,3-5,10-13,16-17H2,1-2H3,(H,29,34). The number of carbonyl (C=O) groups is 2. The van der Waals surface area contributed by atoms with Crippen molar-refractivity contribution < 1.29 is 19.1 Å². The third-order valence-electron chi connectivity index (χ3n) is 7.20. The maximum absolute atomic E-state index is 13.7. The number of benzene rings is 2. The third kappa shape index (κ3) is 5.16. The zero-order chi connectivity index (χ0) is 26.8. The van der Waals surface area contributed by atoms with Gasteiger partial charge >= 0.3 is 5.69 Å². The maximum Gasteiger partial charge on any atom is 0.332 e. The Labute approximate surface area is 219 Å². The molecule has 2 aromatic carbocycles. The van der Waals surface area contributed by atoms with Crippen LogP contribution in [0.1, 0.15) is 48.0 Å². The van der Waals surface area contributed by atoms with Crippen molar-refractivity contribution in [3.8, 4) is 11.5 Å². The molecule has 1 aromatic heterocycles. The minimum atomic E-state index is -0.587. The van der Waals surface area contributed by atoms with Crippen LogP contribution in [0.4, 0.5) is 0 Å². The molecule has 5 rings (SSSR count). The van der Waals surface area contributed by atoms with Crippen LogP contribution >= 0.6 is 0 Å². The Morgan fingerprint density at radius 3 is 2.21 bits per heavy atom. The molecule has 0 spiro atoms. The molecule has 0 atom stereocenters. The molecule has 10 nitrogen and oxygen atoms in total. The fourth-order valence-corrected chi connectivity index (χ4v) is 4.86. The predicted molar refractivity (Wildman–Crippen MR) is 142 cm³/mol. The summed E-state index contributed by atoms with van der Waals surface area (Å²) in [6.07, 6.45) is 4.94. The summed E-state index contributed by atoms with van der Waals surface area (Å²) in [6.45, 7) is 1.11. The van der Waals surface area contributed by atoms with Gasteiger partial charge in [0.1, 0.15) is 6.54 Å². The van der Waals surface area contributed by atoms with Crippen molar-refractivity contribution in [3.05, 3.63) is 68.4 Å². The highest BCUT2D eigenvalue weighted by molar-refractivity contribution is 5.94. The summed E-state index contributed by atoms with van der Waals surface area (Å²) < 4.78 is 13.3. The number of hydrogen-bond acceptors (Lipinski definition) is 6. The summed E-state index contributed by atoms with van der Waals surface area (Å²) in [5, 5.41) is 3.19. The number of aromatic nitrogens is 2. The molecule has 2 amide bonds. The molecule has 1 saturated heterocycles. The second-order valence-electron chi connectivity index (χ2n) is 9.87. The van der Waals surface area contributed by atoms with E-state index in [2.05, 4.69) is 5.32 Å². The largest absolute Gasteiger partial charge is 0.493 e. The van der Waals surface area contributed by atoms with Gasteiger partial charge < -0.3 is 19.7 Å². The number of methoxy groups -OCH3 is 2. The molecule has 0 radical (unpaired) electrons. The SMILES string of the molecule is COc1cc2c(=O)n(Cc3ccc(C(=O)NC4CC4)cc3)c(=O)n(CC(=O)N3CCCCC3)c2cc1OC. The van der Waals surface area contributed by atoms with Gasteiger partial charge in [0.2, 0.25) is 5.91 Å². The first-order valence-electron chi connectivity index (χ1n) is 13.0. The van der Waals surface area contributed by atoms with Crippen LogP contribution < -0.4 is 26.0 Å². The minimum Gasteiger partial charge on any atom is -0.493 e. The van der Waals surface area contributed by atoms with Gasteiger partial charge in [-0.1, -0.05) is 12.1 Å². The van der Waals surface area contributed by atoms with Crippen molar-refractivity contribution in [1.29, 1.82) is 0 Å². The van der Waals surface area contributed by atoms with E-state index in [1.165, 1.54) is 18.8 Å². The number of carbonyl (C=O) groups excluding carboxylic acids is 2. The highest BCUT2D eigenvalue weighted by Gasteiger charge is 2.24. The van der Waals surface area contributed by atoms with Gasteiger partial charge in [-0.3, -0.25) is 23.5 Å². The fourth-order valence-electron chi connectivity index (χ4n) is 4.86. The van der Waals surface area contributed by atoms with Crippen LogP contribution in [0, 0.1) is 0 Å². The van der Waals surface area contributed by atoms with Gasteiger partial charge in [0.15, 0.2) is 11.5 Å². The number of ether oxygens (including phenoxy) is 2. The Bertz CT molecular complexity index is 1480. The van der Waals surface area contributed by atoms with E-state index < -0.39 is 11.2 Å². The Morgan fingerprint density at radius 2 is 1.58 bits per heavy atom. The lowest BCUT2D eigenvalue weighted by molar-refractivity contribution is -0.132. The van der Waals surface area contributed by atoms with Crippen LogP contribution in [0.3, 0.4) is 0 Å². The lowest BCUT2D eigenvalue weighted by Gasteiger charge is -2.27. The van der Waals surface area contributed by atoms with E-state index in [0.29, 0.717) is 41.2 Å². The summed E-state index contributed by atoms with van der Waals surface area (Å²) in [4.78, 5) is 54.5. The second kappa shape index (κ2) is 10.7. The van der Waals surface area contributed by atoms with Crippen molar-refractivity contribution in [2.45, 2.75) is 51.2 Å². The highest BCUT2D eigenvalue weighted by atomic mass is 16.5. The number of nitrogens with one attached hydrogen (secondary N) is 1. The number of amides is 2. The van der Waals surface area contributed by atoms with Gasteiger partial charge in [-0.2, -0.15) is 0 Å². The summed E-state index contributed by atoms with van der Waals surface area (Å²) in [7, 11) is 2.94. The molecule has 200 valence electrons. The number of fused-ring (bicyclic) bond motifs is 1. The second-order valence-corrected chi connectivity index (χ2v) is 9.87. The molecule has 2 aliphatic rings. The highest BCUT2D eigenvalue weighted by Crippen LogP contribution is 2.30. The van der Waals surface area contributed by atoms with E-state index in [4.69, 9.17) is 9.47 Å². The predicted octanol–water partition coefficient (Wildman–Crippen LogP) is 2.13. The first-order chi connectivity index (χ1) is 18.4. The third-order valence-corrected chi connectivity index (χ3v) is 7.20. The summed E-state index contributed by atoms with van der Waals surface area (Å²) >= 11 is 0. The van der Waals surface area contributed by atoms with Gasteiger partial charge in [-0.15, -0.1) is 0 Å². The fraction of sp³-hybridized carbons (Fsp3) is 0.429. The minimum absolute atomic E-state index is 0.00954. The average Bonchev–Trinajstić information content (AvgIpc) is 3.77. The van der Waals surface area contributed by atoms with Gasteiger partial charge in [0.05, 0.1) is 31.7 Å². The van der Waals surface area contributed by atoms with E-state index in [1.807, 2.05) is 0 Å². The van der Waals surface area contributed by atoms with E-state index in [0.717, 1.165) is 36.7 Å². The maximum atomic E-state index is 13.7. The molecule has 1 aliphatic heterocycles. The molecule has 1 N–H and O–H groups in total. The lowest BCUT2D eigenvalue weighted by atomic mass is 10.1. The van der Waals surface area contributed by atoms with Crippen LogP contribution in [0.25, 0.3) is 10.9 Å². The molecule has 2 fully saturated rings. The summed E-state index contributed by atoms with van der Waals surface area (Å²) in [5.74, 6) is 0.402. The van der Waals surface area contributed by atoms with E-state index in [-0.39, 0.29) is 36.3 Å². The number of rotatable bonds is 8. The molecule has 0 bridgehead atoms.